The second kappa shape index (κ2) is 2.64. The maximum Gasteiger partial charge on any atom is 0.323 e. The summed E-state index contributed by atoms with van der Waals surface area (Å²) >= 11 is 5.75. The summed E-state index contributed by atoms with van der Waals surface area (Å²) in [4.78, 5) is 15.9. The van der Waals surface area contributed by atoms with Crippen LogP contribution in [0.1, 0.15) is 5.56 Å². The summed E-state index contributed by atoms with van der Waals surface area (Å²) in [5, 5.41) is 9.09. The molecule has 0 aliphatic carbocycles. The van der Waals surface area contributed by atoms with Gasteiger partial charge in [0.1, 0.15) is 6.07 Å². The van der Waals surface area contributed by atoms with Crippen molar-refractivity contribution < 1.29 is 0 Å². The average molecular weight is 194 g/mol. The van der Waals surface area contributed by atoms with Gasteiger partial charge in [-0.3, -0.25) is 0 Å². The SMILES string of the molecule is N#Cc1c(Cl)ccc2[nH]c(=O)[nH]c12. The second-order valence-electron chi connectivity index (χ2n) is 2.54. The van der Waals surface area contributed by atoms with Crippen LogP contribution in [-0.4, -0.2) is 9.97 Å². The van der Waals surface area contributed by atoms with Crippen molar-refractivity contribution in [2.45, 2.75) is 0 Å². The molecule has 64 valence electrons. The van der Waals surface area contributed by atoms with Crippen molar-refractivity contribution in [2.75, 3.05) is 0 Å². The quantitative estimate of drug-likeness (QED) is 0.664. The molecule has 0 bridgehead atoms. The zero-order valence-corrected chi connectivity index (χ0v) is 7.14. The fraction of sp³-hybridized carbons (Fsp3) is 0. The lowest BCUT2D eigenvalue weighted by molar-refractivity contribution is 1.21. The van der Waals surface area contributed by atoms with Gasteiger partial charge in [0.25, 0.3) is 0 Å². The number of rotatable bonds is 0. The van der Waals surface area contributed by atoms with E-state index in [2.05, 4.69) is 9.97 Å². The van der Waals surface area contributed by atoms with E-state index in [9.17, 15) is 4.79 Å². The predicted molar refractivity (Wildman–Crippen MR) is 48.6 cm³/mol. The van der Waals surface area contributed by atoms with E-state index in [1.807, 2.05) is 6.07 Å². The van der Waals surface area contributed by atoms with Crippen molar-refractivity contribution in [3.63, 3.8) is 0 Å². The first-order valence-electron chi connectivity index (χ1n) is 3.53. The van der Waals surface area contributed by atoms with Crippen LogP contribution in [0.3, 0.4) is 0 Å². The minimum Gasteiger partial charge on any atom is -0.306 e. The number of nitrogens with zero attached hydrogens (tertiary/aromatic N) is 1. The normalized spacial score (nSPS) is 10.2. The van der Waals surface area contributed by atoms with Gasteiger partial charge in [-0.1, -0.05) is 11.6 Å². The topological polar surface area (TPSA) is 72.4 Å². The Morgan fingerprint density at radius 2 is 2.15 bits per heavy atom. The summed E-state index contributed by atoms with van der Waals surface area (Å²) in [6.45, 7) is 0. The van der Waals surface area contributed by atoms with Crippen LogP contribution in [0.25, 0.3) is 11.0 Å². The Kier molecular flexibility index (Phi) is 1.61. The van der Waals surface area contributed by atoms with Crippen LogP contribution < -0.4 is 5.69 Å². The molecule has 2 rings (SSSR count). The minimum absolute atomic E-state index is 0.289. The number of H-pyrrole nitrogens is 2. The highest BCUT2D eigenvalue weighted by atomic mass is 35.5. The van der Waals surface area contributed by atoms with Crippen LogP contribution >= 0.6 is 11.6 Å². The van der Waals surface area contributed by atoms with E-state index in [4.69, 9.17) is 16.9 Å². The Labute approximate surface area is 77.8 Å². The first-order chi connectivity index (χ1) is 6.22. The summed E-state index contributed by atoms with van der Waals surface area (Å²) in [6, 6.07) is 5.15. The highest BCUT2D eigenvalue weighted by Crippen LogP contribution is 2.21. The van der Waals surface area contributed by atoms with Crippen LogP contribution in [0.2, 0.25) is 5.02 Å². The molecule has 5 heteroatoms. The van der Waals surface area contributed by atoms with Gasteiger partial charge in [-0.2, -0.15) is 5.26 Å². The molecule has 0 amide bonds. The van der Waals surface area contributed by atoms with Gasteiger partial charge in [-0.25, -0.2) is 4.79 Å². The molecule has 0 saturated carbocycles. The molecule has 0 unspecified atom stereocenters. The first-order valence-corrected chi connectivity index (χ1v) is 3.91. The van der Waals surface area contributed by atoms with Gasteiger partial charge >= 0.3 is 5.69 Å². The van der Waals surface area contributed by atoms with E-state index in [1.165, 1.54) is 0 Å². The van der Waals surface area contributed by atoms with Crippen LogP contribution in [0, 0.1) is 11.3 Å². The van der Waals surface area contributed by atoms with E-state index < -0.39 is 0 Å². The molecule has 2 aromatic rings. The molecule has 0 saturated heterocycles. The Bertz CT molecular complexity index is 561. The van der Waals surface area contributed by atoms with E-state index in [0.717, 1.165) is 0 Å². The lowest BCUT2D eigenvalue weighted by Gasteiger charge is -1.94. The largest absolute Gasteiger partial charge is 0.323 e. The summed E-state index contributed by atoms with van der Waals surface area (Å²) in [7, 11) is 0. The van der Waals surface area contributed by atoms with Crippen molar-refractivity contribution >= 4 is 22.6 Å². The number of imidazole rings is 1. The van der Waals surface area contributed by atoms with Crippen LogP contribution in [-0.2, 0) is 0 Å². The third kappa shape index (κ3) is 1.10. The maximum atomic E-state index is 10.9. The van der Waals surface area contributed by atoms with E-state index >= 15 is 0 Å². The van der Waals surface area contributed by atoms with Crippen molar-refractivity contribution in [3.8, 4) is 6.07 Å². The van der Waals surface area contributed by atoms with E-state index in [1.54, 1.807) is 12.1 Å². The summed E-state index contributed by atoms with van der Waals surface area (Å²) in [5.41, 5.74) is 0.997. The third-order valence-corrected chi connectivity index (χ3v) is 2.07. The van der Waals surface area contributed by atoms with Crippen LogP contribution in [0.4, 0.5) is 0 Å². The third-order valence-electron chi connectivity index (χ3n) is 1.75. The maximum absolute atomic E-state index is 10.9. The fourth-order valence-corrected chi connectivity index (χ4v) is 1.39. The van der Waals surface area contributed by atoms with Gasteiger partial charge in [-0.15, -0.1) is 0 Å². The molecule has 1 aromatic carbocycles. The number of nitriles is 1. The number of aromatic amines is 2. The Morgan fingerprint density at radius 3 is 2.85 bits per heavy atom. The first kappa shape index (κ1) is 7.90. The Morgan fingerprint density at radius 1 is 1.38 bits per heavy atom. The molecule has 0 radical (unpaired) electrons. The molecule has 1 aromatic heterocycles. The molecule has 1 heterocycles. The highest BCUT2D eigenvalue weighted by molar-refractivity contribution is 6.32. The number of fused-ring (bicyclic) bond motifs is 1. The Balaban J connectivity index is 3.01. The zero-order chi connectivity index (χ0) is 9.42. The molecule has 0 atom stereocenters. The number of halogens is 1. The number of aromatic nitrogens is 2. The minimum atomic E-state index is -0.339. The zero-order valence-electron chi connectivity index (χ0n) is 6.39. The van der Waals surface area contributed by atoms with Crippen molar-refractivity contribution in [3.05, 3.63) is 33.2 Å². The second-order valence-corrected chi connectivity index (χ2v) is 2.94. The van der Waals surface area contributed by atoms with Gasteiger partial charge < -0.3 is 9.97 Å². The van der Waals surface area contributed by atoms with E-state index in [0.29, 0.717) is 16.1 Å². The molecule has 0 spiro atoms. The number of hydrogen-bond donors (Lipinski definition) is 2. The molecule has 0 aliphatic heterocycles. The predicted octanol–water partition coefficient (Wildman–Crippen LogP) is 1.38. The molecule has 4 nitrogen and oxygen atoms in total. The lowest BCUT2D eigenvalue weighted by atomic mass is 10.2. The van der Waals surface area contributed by atoms with Crippen LogP contribution in [0.5, 0.6) is 0 Å². The lowest BCUT2D eigenvalue weighted by Crippen LogP contribution is -1.99. The van der Waals surface area contributed by atoms with E-state index in [-0.39, 0.29) is 11.3 Å². The molecular weight excluding hydrogens is 190 g/mol. The molecular formula is C8H4ClN3O. The monoisotopic (exact) mass is 193 g/mol. The average Bonchev–Trinajstić information content (AvgIpc) is 2.45. The van der Waals surface area contributed by atoms with Gasteiger partial charge in [-0.05, 0) is 12.1 Å². The van der Waals surface area contributed by atoms with Gasteiger partial charge in [0, 0.05) is 0 Å². The number of nitrogens with one attached hydrogen (secondary N) is 2. The summed E-state index contributed by atoms with van der Waals surface area (Å²) < 4.78 is 0. The fourth-order valence-electron chi connectivity index (χ4n) is 1.19. The molecule has 0 aliphatic rings. The van der Waals surface area contributed by atoms with Gasteiger partial charge in [0.15, 0.2) is 0 Å². The van der Waals surface area contributed by atoms with Gasteiger partial charge in [0.05, 0.1) is 21.6 Å². The molecule has 13 heavy (non-hydrogen) atoms. The number of hydrogen-bond acceptors (Lipinski definition) is 2. The van der Waals surface area contributed by atoms with Gasteiger partial charge in [0.2, 0.25) is 0 Å². The molecule has 2 N–H and O–H groups in total. The smallest absolute Gasteiger partial charge is 0.306 e. The van der Waals surface area contributed by atoms with Crippen molar-refractivity contribution in [1.82, 2.24) is 9.97 Å². The summed E-state index contributed by atoms with van der Waals surface area (Å²) in [6.07, 6.45) is 0. The standard InChI is InChI=1S/C8H4ClN3O/c9-5-1-2-6-7(4(5)3-10)12-8(13)11-6/h1-2H,(H2,11,12,13). The number of benzene rings is 1. The molecule has 0 fully saturated rings. The van der Waals surface area contributed by atoms with Crippen molar-refractivity contribution in [1.29, 1.82) is 5.26 Å². The van der Waals surface area contributed by atoms with Crippen LogP contribution in [0.15, 0.2) is 16.9 Å². The highest BCUT2D eigenvalue weighted by Gasteiger charge is 2.07. The summed E-state index contributed by atoms with van der Waals surface area (Å²) in [5.74, 6) is 0. The Hall–Kier alpha value is -1.73. The van der Waals surface area contributed by atoms with Crippen molar-refractivity contribution in [2.24, 2.45) is 0 Å².